The predicted octanol–water partition coefficient (Wildman–Crippen LogP) is 2.98. The molecule has 1 aromatic rings. The van der Waals surface area contributed by atoms with Crippen LogP contribution in [0.15, 0.2) is 18.2 Å². The molecule has 1 fully saturated rings. The highest BCUT2D eigenvalue weighted by molar-refractivity contribution is 5.53. The fourth-order valence-electron chi connectivity index (χ4n) is 2.75. The highest BCUT2D eigenvalue weighted by atomic mass is 19.4. The zero-order chi connectivity index (χ0) is 15.8. The quantitative estimate of drug-likeness (QED) is 0.854. The number of halogens is 4. The van der Waals surface area contributed by atoms with Crippen molar-refractivity contribution in [2.45, 2.75) is 44.1 Å². The topological polar surface area (TPSA) is 47.3 Å². The van der Waals surface area contributed by atoms with Gasteiger partial charge in [0.2, 0.25) is 0 Å². The number of nitriles is 1. The molecule has 1 N–H and O–H groups in total. The lowest BCUT2D eigenvalue weighted by Gasteiger charge is -2.34. The third-order valence-electron chi connectivity index (χ3n) is 3.78. The molecule has 21 heavy (non-hydrogen) atoms. The number of aliphatic hydroxyl groups is 1. The van der Waals surface area contributed by atoms with Gasteiger partial charge in [0.25, 0.3) is 0 Å². The maximum absolute atomic E-state index is 13.7. The van der Waals surface area contributed by atoms with E-state index in [4.69, 9.17) is 5.26 Å². The predicted molar refractivity (Wildman–Crippen MR) is 68.1 cm³/mol. The molecule has 0 unspecified atom stereocenters. The summed E-state index contributed by atoms with van der Waals surface area (Å²) in [6.07, 6.45) is -6.57. The van der Waals surface area contributed by atoms with Gasteiger partial charge in [0.05, 0.1) is 11.6 Å². The van der Waals surface area contributed by atoms with Crippen LogP contribution in [-0.4, -0.2) is 29.5 Å². The first kappa shape index (κ1) is 15.6. The van der Waals surface area contributed by atoms with E-state index in [1.165, 1.54) is 17.0 Å². The molecule has 0 radical (unpaired) electrons. The standard InChI is InChI=1S/C14H14F4N2O/c1-8-2-5-12(13(21)14(16,17)18)20(8)10-4-3-9(7-19)11(15)6-10/h3-4,6,8,12-13,21H,2,5H2,1H3/t8-,12-,13+/m1/s1. The minimum atomic E-state index is -4.72. The molecule has 0 amide bonds. The normalized spacial score (nSPS) is 24.0. The number of anilines is 1. The third-order valence-corrected chi connectivity index (χ3v) is 3.78. The molecule has 0 bridgehead atoms. The van der Waals surface area contributed by atoms with E-state index in [0.29, 0.717) is 6.42 Å². The van der Waals surface area contributed by atoms with Crippen LogP contribution >= 0.6 is 0 Å². The molecule has 7 heteroatoms. The van der Waals surface area contributed by atoms with Crippen LogP contribution in [0.4, 0.5) is 23.2 Å². The van der Waals surface area contributed by atoms with E-state index in [1.807, 2.05) is 0 Å². The van der Waals surface area contributed by atoms with Crippen molar-refractivity contribution in [1.29, 1.82) is 5.26 Å². The van der Waals surface area contributed by atoms with Gasteiger partial charge in [-0.05, 0) is 38.0 Å². The molecule has 2 rings (SSSR count). The van der Waals surface area contributed by atoms with Crippen LogP contribution < -0.4 is 4.90 Å². The van der Waals surface area contributed by atoms with E-state index < -0.39 is 24.1 Å². The van der Waals surface area contributed by atoms with Gasteiger partial charge in [0, 0.05) is 11.7 Å². The van der Waals surface area contributed by atoms with Crippen molar-refractivity contribution < 1.29 is 22.7 Å². The molecule has 114 valence electrons. The van der Waals surface area contributed by atoms with Crippen molar-refractivity contribution in [3.63, 3.8) is 0 Å². The average Bonchev–Trinajstić information content (AvgIpc) is 2.78. The molecular weight excluding hydrogens is 288 g/mol. The smallest absolute Gasteiger partial charge is 0.382 e. The molecular formula is C14H14F4N2O. The maximum Gasteiger partial charge on any atom is 0.416 e. The van der Waals surface area contributed by atoms with Gasteiger partial charge in [-0.25, -0.2) is 4.39 Å². The minimum absolute atomic E-state index is 0.168. The highest BCUT2D eigenvalue weighted by Gasteiger charge is 2.48. The first-order valence-electron chi connectivity index (χ1n) is 6.48. The fourth-order valence-corrected chi connectivity index (χ4v) is 2.75. The molecule has 0 aromatic heterocycles. The molecule has 1 saturated heterocycles. The number of benzene rings is 1. The molecule has 1 aliphatic heterocycles. The van der Waals surface area contributed by atoms with E-state index in [9.17, 15) is 22.7 Å². The van der Waals surface area contributed by atoms with Crippen LogP contribution in [-0.2, 0) is 0 Å². The molecule has 1 aromatic carbocycles. The maximum atomic E-state index is 13.7. The fraction of sp³-hybridized carbons (Fsp3) is 0.500. The van der Waals surface area contributed by atoms with Crippen molar-refractivity contribution in [3.8, 4) is 6.07 Å². The molecule has 1 aliphatic rings. The van der Waals surface area contributed by atoms with Crippen molar-refractivity contribution in [2.75, 3.05) is 4.90 Å². The summed E-state index contributed by atoms with van der Waals surface area (Å²) in [7, 11) is 0. The molecule has 0 spiro atoms. The SMILES string of the molecule is C[C@@H]1CC[C@H]([C@H](O)C(F)(F)F)N1c1ccc(C#N)c(F)c1. The number of aliphatic hydroxyl groups excluding tert-OH is 1. The minimum Gasteiger partial charge on any atom is -0.382 e. The highest BCUT2D eigenvalue weighted by Crippen LogP contribution is 2.37. The van der Waals surface area contributed by atoms with Crippen LogP contribution in [0.5, 0.6) is 0 Å². The molecule has 1 heterocycles. The molecule has 3 nitrogen and oxygen atoms in total. The first-order valence-corrected chi connectivity index (χ1v) is 6.48. The lowest BCUT2D eigenvalue weighted by atomic mass is 10.1. The van der Waals surface area contributed by atoms with E-state index >= 15 is 0 Å². The van der Waals surface area contributed by atoms with Crippen LogP contribution in [0.1, 0.15) is 25.3 Å². The van der Waals surface area contributed by atoms with Gasteiger partial charge >= 0.3 is 6.18 Å². The van der Waals surface area contributed by atoms with Crippen LogP contribution in [0, 0.1) is 17.1 Å². The summed E-state index contributed by atoms with van der Waals surface area (Å²) >= 11 is 0. The summed E-state index contributed by atoms with van der Waals surface area (Å²) in [6.45, 7) is 1.72. The Kier molecular flexibility index (Phi) is 4.10. The largest absolute Gasteiger partial charge is 0.416 e. The average molecular weight is 302 g/mol. The Bertz CT molecular complexity index is 567. The summed E-state index contributed by atoms with van der Waals surface area (Å²) in [5, 5.41) is 18.2. The second kappa shape index (κ2) is 5.53. The Hall–Kier alpha value is -1.81. The Morgan fingerprint density at radius 3 is 2.57 bits per heavy atom. The Morgan fingerprint density at radius 1 is 1.38 bits per heavy atom. The first-order chi connectivity index (χ1) is 9.75. The summed E-state index contributed by atoms with van der Waals surface area (Å²) in [5.41, 5.74) is 0.0725. The molecule has 3 atom stereocenters. The van der Waals surface area contributed by atoms with Crippen molar-refractivity contribution >= 4 is 5.69 Å². The van der Waals surface area contributed by atoms with E-state index in [-0.39, 0.29) is 23.7 Å². The Balaban J connectivity index is 2.35. The van der Waals surface area contributed by atoms with Gasteiger partial charge in [-0.2, -0.15) is 18.4 Å². The van der Waals surface area contributed by atoms with Crippen LogP contribution in [0.2, 0.25) is 0 Å². The monoisotopic (exact) mass is 302 g/mol. The lowest BCUT2D eigenvalue weighted by Crippen LogP contribution is -2.48. The van der Waals surface area contributed by atoms with Crippen LogP contribution in [0.25, 0.3) is 0 Å². The van der Waals surface area contributed by atoms with Crippen molar-refractivity contribution in [1.82, 2.24) is 0 Å². The number of hydrogen-bond donors (Lipinski definition) is 1. The van der Waals surface area contributed by atoms with E-state index in [0.717, 1.165) is 6.07 Å². The van der Waals surface area contributed by atoms with Gasteiger partial charge in [-0.15, -0.1) is 0 Å². The summed E-state index contributed by atoms with van der Waals surface area (Å²) < 4.78 is 51.8. The number of hydrogen-bond acceptors (Lipinski definition) is 3. The van der Waals surface area contributed by atoms with E-state index in [2.05, 4.69) is 0 Å². The number of rotatable bonds is 2. The second-order valence-corrected chi connectivity index (χ2v) is 5.16. The van der Waals surface area contributed by atoms with Gasteiger partial charge in [-0.1, -0.05) is 0 Å². The zero-order valence-corrected chi connectivity index (χ0v) is 11.2. The summed E-state index contributed by atoms with van der Waals surface area (Å²) in [5.74, 6) is -0.783. The second-order valence-electron chi connectivity index (χ2n) is 5.16. The van der Waals surface area contributed by atoms with Crippen molar-refractivity contribution in [2.24, 2.45) is 0 Å². The van der Waals surface area contributed by atoms with E-state index in [1.54, 1.807) is 13.0 Å². The van der Waals surface area contributed by atoms with Crippen LogP contribution in [0.3, 0.4) is 0 Å². The van der Waals surface area contributed by atoms with Gasteiger partial charge in [0.15, 0.2) is 6.10 Å². The van der Waals surface area contributed by atoms with Gasteiger partial charge in [0.1, 0.15) is 11.9 Å². The van der Waals surface area contributed by atoms with Gasteiger partial charge < -0.3 is 10.0 Å². The zero-order valence-electron chi connectivity index (χ0n) is 11.2. The Morgan fingerprint density at radius 2 is 2.05 bits per heavy atom. The molecule has 0 saturated carbocycles. The Labute approximate surface area is 119 Å². The lowest BCUT2D eigenvalue weighted by molar-refractivity contribution is -0.209. The molecule has 0 aliphatic carbocycles. The summed E-state index contributed by atoms with van der Waals surface area (Å²) in [4.78, 5) is 1.38. The van der Waals surface area contributed by atoms with Gasteiger partial charge in [-0.3, -0.25) is 0 Å². The van der Waals surface area contributed by atoms with Crippen molar-refractivity contribution in [3.05, 3.63) is 29.6 Å². The number of alkyl halides is 3. The summed E-state index contributed by atoms with van der Waals surface area (Å²) in [6, 6.07) is 3.93. The third kappa shape index (κ3) is 2.95. The number of nitrogens with zero attached hydrogens (tertiary/aromatic N) is 2.